The number of benzene rings is 1. The largest absolute Gasteiger partial charge is 0.497 e. The molecule has 1 N–H and O–H groups in total. The van der Waals surface area contributed by atoms with Gasteiger partial charge in [0.1, 0.15) is 17.6 Å². The van der Waals surface area contributed by atoms with Gasteiger partial charge in [0.2, 0.25) is 0 Å². The van der Waals surface area contributed by atoms with Gasteiger partial charge in [0, 0.05) is 18.6 Å². The number of rotatable bonds is 5. The van der Waals surface area contributed by atoms with Crippen LogP contribution in [0.5, 0.6) is 5.75 Å². The van der Waals surface area contributed by atoms with Crippen LogP contribution < -0.4 is 10.1 Å². The van der Waals surface area contributed by atoms with Crippen LogP contribution in [-0.2, 0) is 0 Å². The van der Waals surface area contributed by atoms with Crippen molar-refractivity contribution in [2.75, 3.05) is 19.0 Å². The molecule has 1 aliphatic carbocycles. The molecule has 1 aliphatic heterocycles. The number of hydrogen-bond acceptors (Lipinski definition) is 6. The molecular formula is C19H21N5O. The zero-order valence-electron chi connectivity index (χ0n) is 14.2. The fourth-order valence-corrected chi connectivity index (χ4v) is 3.69. The van der Waals surface area contributed by atoms with Crippen LogP contribution in [0.2, 0.25) is 0 Å². The summed E-state index contributed by atoms with van der Waals surface area (Å²) in [6.07, 6.45) is 3.62. The van der Waals surface area contributed by atoms with Crippen LogP contribution in [0.1, 0.15) is 36.6 Å². The summed E-state index contributed by atoms with van der Waals surface area (Å²) in [5, 5.41) is 20.4. The van der Waals surface area contributed by atoms with Gasteiger partial charge in [0.25, 0.3) is 0 Å². The minimum atomic E-state index is 0.259. The third-order valence-corrected chi connectivity index (χ3v) is 5.00. The zero-order valence-corrected chi connectivity index (χ0v) is 14.2. The monoisotopic (exact) mass is 335 g/mol. The van der Waals surface area contributed by atoms with E-state index in [0.29, 0.717) is 17.8 Å². The van der Waals surface area contributed by atoms with Crippen LogP contribution in [0, 0.1) is 11.3 Å². The summed E-state index contributed by atoms with van der Waals surface area (Å²) >= 11 is 0. The first-order chi connectivity index (χ1) is 12.3. The summed E-state index contributed by atoms with van der Waals surface area (Å²) < 4.78 is 5.41. The fourth-order valence-electron chi connectivity index (χ4n) is 3.69. The molecule has 1 aromatic carbocycles. The lowest BCUT2D eigenvalue weighted by atomic mass is 9.99. The number of anilines is 1. The maximum Gasteiger partial charge on any atom is 0.163 e. The Kier molecular flexibility index (Phi) is 4.24. The van der Waals surface area contributed by atoms with E-state index in [1.807, 2.05) is 18.2 Å². The summed E-state index contributed by atoms with van der Waals surface area (Å²) in [5.74, 6) is 1.60. The van der Waals surface area contributed by atoms with Gasteiger partial charge in [-0.25, -0.2) is 0 Å². The van der Waals surface area contributed by atoms with Crippen molar-refractivity contribution in [3.63, 3.8) is 0 Å². The minimum absolute atomic E-state index is 0.259. The van der Waals surface area contributed by atoms with Gasteiger partial charge in [0.05, 0.1) is 13.2 Å². The van der Waals surface area contributed by atoms with Crippen molar-refractivity contribution in [3.8, 4) is 11.8 Å². The fraction of sp³-hybridized carbons (Fsp3) is 0.421. The molecule has 2 atom stereocenters. The molecule has 2 unspecified atom stereocenters. The van der Waals surface area contributed by atoms with Crippen LogP contribution in [-0.4, -0.2) is 40.8 Å². The predicted molar refractivity (Wildman–Crippen MR) is 94.2 cm³/mol. The van der Waals surface area contributed by atoms with Crippen LogP contribution in [0.15, 0.2) is 36.4 Å². The second kappa shape index (κ2) is 6.69. The molecule has 2 aromatic rings. The molecule has 0 radical (unpaired) electrons. The lowest BCUT2D eigenvalue weighted by Gasteiger charge is -2.29. The van der Waals surface area contributed by atoms with Crippen LogP contribution >= 0.6 is 0 Å². The number of ether oxygens (including phenoxy) is 1. The number of nitriles is 1. The van der Waals surface area contributed by atoms with Crippen molar-refractivity contribution in [2.45, 2.75) is 37.4 Å². The lowest BCUT2D eigenvalue weighted by molar-refractivity contribution is 0.240. The highest BCUT2D eigenvalue weighted by molar-refractivity contribution is 5.40. The zero-order chi connectivity index (χ0) is 17.2. The van der Waals surface area contributed by atoms with Gasteiger partial charge in [-0.2, -0.15) is 5.26 Å². The summed E-state index contributed by atoms with van der Waals surface area (Å²) in [6.45, 7) is 1.08. The van der Waals surface area contributed by atoms with E-state index in [2.05, 4.69) is 38.6 Å². The first kappa shape index (κ1) is 15.9. The molecule has 0 amide bonds. The average molecular weight is 335 g/mol. The number of nitrogens with zero attached hydrogens (tertiary/aromatic N) is 4. The molecule has 128 valence electrons. The molecule has 2 fully saturated rings. The standard InChI is InChI=1S/C19H21N5O/c1-25-16-4-2-3-13(11-16)19-17(9-10-24(19)15-6-7-15)21-18-8-5-14(12-20)22-23-18/h2-5,8,11,15,17,19H,6-7,9-10H2,1H3,(H,21,23). The Morgan fingerprint density at radius 1 is 1.20 bits per heavy atom. The minimum Gasteiger partial charge on any atom is -0.497 e. The summed E-state index contributed by atoms with van der Waals surface area (Å²) in [5.41, 5.74) is 1.60. The number of aromatic nitrogens is 2. The van der Waals surface area contributed by atoms with E-state index in [9.17, 15) is 0 Å². The van der Waals surface area contributed by atoms with Gasteiger partial charge in [0.15, 0.2) is 5.69 Å². The van der Waals surface area contributed by atoms with Crippen molar-refractivity contribution in [1.29, 1.82) is 5.26 Å². The van der Waals surface area contributed by atoms with Gasteiger partial charge in [-0.3, -0.25) is 4.90 Å². The molecule has 25 heavy (non-hydrogen) atoms. The van der Waals surface area contributed by atoms with Gasteiger partial charge in [-0.05, 0) is 49.1 Å². The second-order valence-corrected chi connectivity index (χ2v) is 6.65. The first-order valence-corrected chi connectivity index (χ1v) is 8.68. The number of nitrogens with one attached hydrogen (secondary N) is 1. The second-order valence-electron chi connectivity index (χ2n) is 6.65. The predicted octanol–water partition coefficient (Wildman–Crippen LogP) is 2.75. The Morgan fingerprint density at radius 2 is 2.08 bits per heavy atom. The molecular weight excluding hydrogens is 314 g/mol. The van der Waals surface area contributed by atoms with Crippen LogP contribution in [0.4, 0.5) is 5.82 Å². The summed E-state index contributed by atoms with van der Waals surface area (Å²) in [6, 6.07) is 15.1. The number of hydrogen-bond donors (Lipinski definition) is 1. The van der Waals surface area contributed by atoms with Crippen molar-refractivity contribution < 1.29 is 4.74 Å². The van der Waals surface area contributed by atoms with Gasteiger partial charge in [-0.15, -0.1) is 10.2 Å². The van der Waals surface area contributed by atoms with Gasteiger partial charge in [-0.1, -0.05) is 12.1 Å². The van der Waals surface area contributed by atoms with E-state index >= 15 is 0 Å². The topological polar surface area (TPSA) is 74.1 Å². The number of likely N-dealkylation sites (tertiary alicyclic amines) is 1. The maximum absolute atomic E-state index is 8.86. The SMILES string of the molecule is COc1cccc(C2C(Nc3ccc(C#N)nn3)CCN2C2CC2)c1. The Bertz CT molecular complexity index is 781. The summed E-state index contributed by atoms with van der Waals surface area (Å²) in [7, 11) is 1.70. The summed E-state index contributed by atoms with van der Waals surface area (Å²) in [4.78, 5) is 2.60. The van der Waals surface area contributed by atoms with Crippen LogP contribution in [0.3, 0.4) is 0 Å². The molecule has 0 spiro atoms. The molecule has 0 bridgehead atoms. The average Bonchev–Trinajstić information content (AvgIpc) is 3.43. The van der Waals surface area contributed by atoms with Gasteiger partial charge < -0.3 is 10.1 Å². The first-order valence-electron chi connectivity index (χ1n) is 8.68. The normalized spacial score (nSPS) is 23.2. The Labute approximate surface area is 147 Å². The Balaban J connectivity index is 1.59. The third kappa shape index (κ3) is 3.28. The quantitative estimate of drug-likeness (QED) is 0.906. The van der Waals surface area contributed by atoms with Crippen molar-refractivity contribution in [2.24, 2.45) is 0 Å². The molecule has 4 rings (SSSR count). The Morgan fingerprint density at radius 3 is 2.76 bits per heavy atom. The highest BCUT2D eigenvalue weighted by atomic mass is 16.5. The molecule has 1 saturated carbocycles. The molecule has 6 nitrogen and oxygen atoms in total. The van der Waals surface area contributed by atoms with Gasteiger partial charge >= 0.3 is 0 Å². The smallest absolute Gasteiger partial charge is 0.163 e. The van der Waals surface area contributed by atoms with E-state index < -0.39 is 0 Å². The lowest BCUT2D eigenvalue weighted by Crippen LogP contribution is -2.33. The van der Waals surface area contributed by atoms with E-state index in [-0.39, 0.29) is 6.04 Å². The molecule has 6 heteroatoms. The van der Waals surface area contributed by atoms with E-state index in [1.165, 1.54) is 18.4 Å². The molecule has 2 aliphatic rings. The maximum atomic E-state index is 8.86. The Hall–Kier alpha value is -2.65. The molecule has 1 saturated heterocycles. The van der Waals surface area contributed by atoms with Crippen LogP contribution in [0.25, 0.3) is 0 Å². The van der Waals surface area contributed by atoms with Crippen molar-refractivity contribution >= 4 is 5.82 Å². The van der Waals surface area contributed by atoms with E-state index in [1.54, 1.807) is 13.2 Å². The molecule has 1 aromatic heterocycles. The highest BCUT2D eigenvalue weighted by Gasteiger charge is 2.42. The molecule has 2 heterocycles. The highest BCUT2D eigenvalue weighted by Crippen LogP contribution is 2.42. The third-order valence-electron chi connectivity index (χ3n) is 5.00. The van der Waals surface area contributed by atoms with Crippen molar-refractivity contribution in [3.05, 3.63) is 47.7 Å². The van der Waals surface area contributed by atoms with Crippen molar-refractivity contribution in [1.82, 2.24) is 15.1 Å². The van der Waals surface area contributed by atoms with E-state index in [4.69, 9.17) is 10.00 Å². The number of methoxy groups -OCH3 is 1. The van der Waals surface area contributed by atoms with E-state index in [0.717, 1.165) is 24.5 Å².